The first-order valence-corrected chi connectivity index (χ1v) is 8.87. The number of carbonyl (C=O) groups is 2. The molecule has 2 atom stereocenters. The lowest BCUT2D eigenvalue weighted by Gasteiger charge is -2.31. The van der Waals surface area contributed by atoms with Gasteiger partial charge in [0, 0.05) is 40.4 Å². The summed E-state index contributed by atoms with van der Waals surface area (Å²) in [6.07, 6.45) is 2.88. The van der Waals surface area contributed by atoms with E-state index in [0.717, 1.165) is 32.4 Å². The van der Waals surface area contributed by atoms with Gasteiger partial charge in [-0.25, -0.2) is 4.79 Å². The molecular formula is C17H33N3O4. The van der Waals surface area contributed by atoms with E-state index in [-0.39, 0.29) is 17.9 Å². The number of rotatable bonds is 10. The van der Waals surface area contributed by atoms with Gasteiger partial charge in [0.25, 0.3) is 0 Å². The summed E-state index contributed by atoms with van der Waals surface area (Å²) in [5.74, 6) is 0.00244. The summed E-state index contributed by atoms with van der Waals surface area (Å²) < 4.78 is 10.2. The summed E-state index contributed by atoms with van der Waals surface area (Å²) in [5.41, 5.74) is 0. The van der Waals surface area contributed by atoms with Crippen molar-refractivity contribution in [3.05, 3.63) is 0 Å². The summed E-state index contributed by atoms with van der Waals surface area (Å²) in [5, 5.41) is 2.96. The first kappa shape index (κ1) is 20.7. The third kappa shape index (κ3) is 6.28. The first-order chi connectivity index (χ1) is 11.5. The molecule has 0 unspecified atom stereocenters. The van der Waals surface area contributed by atoms with Gasteiger partial charge in [-0.1, -0.05) is 20.3 Å². The Morgan fingerprint density at radius 3 is 2.12 bits per heavy atom. The normalized spacial score (nSPS) is 16.8. The Bertz CT molecular complexity index is 378. The highest BCUT2D eigenvalue weighted by Crippen LogP contribution is 2.14. The zero-order chi connectivity index (χ0) is 17.9. The van der Waals surface area contributed by atoms with E-state index in [1.54, 1.807) is 24.0 Å². The minimum Gasteiger partial charge on any atom is -0.383 e. The second-order valence-electron chi connectivity index (χ2n) is 6.32. The van der Waals surface area contributed by atoms with E-state index in [0.29, 0.717) is 26.3 Å². The van der Waals surface area contributed by atoms with Gasteiger partial charge >= 0.3 is 6.03 Å². The number of nitrogens with zero attached hydrogens (tertiary/aromatic N) is 2. The minimum atomic E-state index is -0.517. The molecule has 1 aliphatic heterocycles. The lowest BCUT2D eigenvalue weighted by atomic mass is 9.98. The number of hydrogen-bond acceptors (Lipinski definition) is 4. The molecule has 3 amide bonds. The Kier molecular flexibility index (Phi) is 9.71. The van der Waals surface area contributed by atoms with Crippen LogP contribution in [0.4, 0.5) is 4.79 Å². The predicted octanol–water partition coefficient (Wildman–Crippen LogP) is 1.33. The molecule has 1 saturated heterocycles. The Balaban J connectivity index is 2.77. The quantitative estimate of drug-likeness (QED) is 0.650. The standard InChI is InChI=1S/C17H33N3O4/c1-5-14(2)15(18-17(22)20-8-6-7-9-20)16(21)19(10-12-23-3)11-13-24-4/h14-15H,5-13H2,1-4H3,(H,18,22)/t14-,15-/m0/s1. The Labute approximate surface area is 145 Å². The summed E-state index contributed by atoms with van der Waals surface area (Å²) >= 11 is 0. The van der Waals surface area contributed by atoms with E-state index in [4.69, 9.17) is 9.47 Å². The van der Waals surface area contributed by atoms with Crippen molar-refractivity contribution in [3.8, 4) is 0 Å². The van der Waals surface area contributed by atoms with Crippen molar-refractivity contribution in [3.63, 3.8) is 0 Å². The van der Waals surface area contributed by atoms with E-state index in [1.165, 1.54) is 0 Å². The third-order valence-corrected chi connectivity index (χ3v) is 4.59. The van der Waals surface area contributed by atoms with Gasteiger partial charge in [0.1, 0.15) is 6.04 Å². The van der Waals surface area contributed by atoms with Gasteiger partial charge in [-0.05, 0) is 18.8 Å². The summed E-state index contributed by atoms with van der Waals surface area (Å²) in [6.45, 7) is 7.47. The van der Waals surface area contributed by atoms with E-state index in [9.17, 15) is 9.59 Å². The largest absolute Gasteiger partial charge is 0.383 e. The highest BCUT2D eigenvalue weighted by Gasteiger charge is 2.31. The number of methoxy groups -OCH3 is 2. The molecule has 0 aromatic heterocycles. The fourth-order valence-corrected chi connectivity index (χ4v) is 2.76. The molecule has 24 heavy (non-hydrogen) atoms. The number of nitrogens with one attached hydrogen (secondary N) is 1. The molecule has 0 saturated carbocycles. The molecule has 0 radical (unpaired) electrons. The molecule has 0 bridgehead atoms. The van der Waals surface area contributed by atoms with Crippen LogP contribution in [0.3, 0.4) is 0 Å². The molecule has 1 fully saturated rings. The average molecular weight is 343 g/mol. The molecule has 0 aliphatic carbocycles. The number of ether oxygens (including phenoxy) is 2. The van der Waals surface area contributed by atoms with Gasteiger partial charge in [0.05, 0.1) is 13.2 Å². The van der Waals surface area contributed by atoms with E-state index >= 15 is 0 Å². The van der Waals surface area contributed by atoms with Crippen molar-refractivity contribution in [2.75, 3.05) is 53.6 Å². The molecule has 7 heteroatoms. The highest BCUT2D eigenvalue weighted by molar-refractivity contribution is 5.87. The van der Waals surface area contributed by atoms with E-state index < -0.39 is 6.04 Å². The fourth-order valence-electron chi connectivity index (χ4n) is 2.76. The molecule has 1 heterocycles. The molecule has 140 valence electrons. The van der Waals surface area contributed by atoms with Crippen molar-refractivity contribution in [2.45, 2.75) is 39.2 Å². The maximum atomic E-state index is 13.0. The monoisotopic (exact) mass is 343 g/mol. The van der Waals surface area contributed by atoms with Gasteiger partial charge in [0.15, 0.2) is 0 Å². The number of carbonyl (C=O) groups excluding carboxylic acids is 2. The van der Waals surface area contributed by atoms with Crippen LogP contribution in [-0.2, 0) is 14.3 Å². The van der Waals surface area contributed by atoms with Gasteiger partial charge < -0.3 is 24.6 Å². The van der Waals surface area contributed by atoms with Crippen molar-refractivity contribution >= 4 is 11.9 Å². The van der Waals surface area contributed by atoms with Crippen LogP contribution >= 0.6 is 0 Å². The molecular weight excluding hydrogens is 310 g/mol. The predicted molar refractivity (Wildman–Crippen MR) is 92.9 cm³/mol. The highest BCUT2D eigenvalue weighted by atomic mass is 16.5. The average Bonchev–Trinajstić information content (AvgIpc) is 3.13. The maximum Gasteiger partial charge on any atom is 0.318 e. The molecule has 7 nitrogen and oxygen atoms in total. The van der Waals surface area contributed by atoms with Gasteiger partial charge in [-0.15, -0.1) is 0 Å². The van der Waals surface area contributed by atoms with Crippen LogP contribution < -0.4 is 5.32 Å². The molecule has 1 N–H and O–H groups in total. The zero-order valence-corrected chi connectivity index (χ0v) is 15.5. The lowest BCUT2D eigenvalue weighted by Crippen LogP contribution is -2.55. The third-order valence-electron chi connectivity index (χ3n) is 4.59. The Hall–Kier alpha value is -1.34. The van der Waals surface area contributed by atoms with E-state index in [2.05, 4.69) is 5.32 Å². The van der Waals surface area contributed by atoms with Crippen LogP contribution in [-0.4, -0.2) is 81.4 Å². The van der Waals surface area contributed by atoms with Crippen molar-refractivity contribution < 1.29 is 19.1 Å². The molecule has 0 spiro atoms. The molecule has 0 aromatic rings. The topological polar surface area (TPSA) is 71.1 Å². The zero-order valence-electron chi connectivity index (χ0n) is 15.5. The Morgan fingerprint density at radius 1 is 1.12 bits per heavy atom. The molecule has 1 rings (SSSR count). The van der Waals surface area contributed by atoms with Crippen LogP contribution in [0.1, 0.15) is 33.1 Å². The first-order valence-electron chi connectivity index (χ1n) is 8.87. The number of urea groups is 1. The minimum absolute atomic E-state index is 0.0639. The van der Waals surface area contributed by atoms with Gasteiger partial charge in [-0.2, -0.15) is 0 Å². The Morgan fingerprint density at radius 2 is 1.67 bits per heavy atom. The van der Waals surface area contributed by atoms with Crippen molar-refractivity contribution in [2.24, 2.45) is 5.92 Å². The van der Waals surface area contributed by atoms with Crippen LogP contribution in [0.15, 0.2) is 0 Å². The number of likely N-dealkylation sites (tertiary alicyclic amines) is 1. The second kappa shape index (κ2) is 11.3. The van der Waals surface area contributed by atoms with Gasteiger partial charge in [0.2, 0.25) is 5.91 Å². The summed E-state index contributed by atoms with van der Waals surface area (Å²) in [7, 11) is 3.22. The van der Waals surface area contributed by atoms with Crippen LogP contribution in [0.2, 0.25) is 0 Å². The molecule has 1 aliphatic rings. The van der Waals surface area contributed by atoms with Crippen molar-refractivity contribution in [1.82, 2.24) is 15.1 Å². The lowest BCUT2D eigenvalue weighted by molar-refractivity contribution is -0.135. The number of amides is 3. The summed E-state index contributed by atoms with van der Waals surface area (Å²) in [4.78, 5) is 28.9. The summed E-state index contributed by atoms with van der Waals surface area (Å²) in [6, 6.07) is -0.651. The molecule has 0 aromatic carbocycles. The van der Waals surface area contributed by atoms with Crippen LogP contribution in [0.25, 0.3) is 0 Å². The van der Waals surface area contributed by atoms with Crippen LogP contribution in [0, 0.1) is 5.92 Å². The van der Waals surface area contributed by atoms with Crippen LogP contribution in [0.5, 0.6) is 0 Å². The van der Waals surface area contributed by atoms with E-state index in [1.807, 2.05) is 13.8 Å². The van der Waals surface area contributed by atoms with Crippen molar-refractivity contribution in [1.29, 1.82) is 0 Å². The maximum absolute atomic E-state index is 13.0. The SMILES string of the molecule is CC[C@H](C)[C@H](NC(=O)N1CCCC1)C(=O)N(CCOC)CCOC. The van der Waals surface area contributed by atoms with Gasteiger partial charge in [-0.3, -0.25) is 4.79 Å². The second-order valence-corrected chi connectivity index (χ2v) is 6.32. The number of hydrogen-bond donors (Lipinski definition) is 1. The smallest absolute Gasteiger partial charge is 0.318 e. The fraction of sp³-hybridized carbons (Fsp3) is 0.882.